The smallest absolute Gasteiger partial charge is 0.182 e. The lowest BCUT2D eigenvalue weighted by Crippen LogP contribution is -2.00. The Labute approximate surface area is 163 Å². The second kappa shape index (κ2) is 5.99. The zero-order chi connectivity index (χ0) is 18.5. The van der Waals surface area contributed by atoms with Crippen molar-refractivity contribution in [1.29, 1.82) is 0 Å². The number of para-hydroxylation sites is 1. The number of aryl methyl sites for hydroxylation is 1. The van der Waals surface area contributed by atoms with Crippen LogP contribution in [0.15, 0.2) is 59.6 Å². The quantitative estimate of drug-likeness (QED) is 0.423. The van der Waals surface area contributed by atoms with Crippen LogP contribution in [0.3, 0.4) is 0 Å². The summed E-state index contributed by atoms with van der Waals surface area (Å²) in [4.78, 5) is 13.6. The van der Waals surface area contributed by atoms with Crippen LogP contribution >= 0.6 is 15.9 Å². The molecule has 0 N–H and O–H groups in total. The molecular formula is C20H15BrN6. The van der Waals surface area contributed by atoms with Crippen molar-refractivity contribution in [2.45, 2.75) is 13.8 Å². The van der Waals surface area contributed by atoms with Crippen molar-refractivity contribution >= 4 is 32.6 Å². The van der Waals surface area contributed by atoms with E-state index in [-0.39, 0.29) is 0 Å². The highest BCUT2D eigenvalue weighted by Crippen LogP contribution is 2.32. The van der Waals surface area contributed by atoms with Crippen molar-refractivity contribution in [1.82, 2.24) is 29.1 Å². The van der Waals surface area contributed by atoms with Crippen LogP contribution in [0.25, 0.3) is 33.8 Å². The van der Waals surface area contributed by atoms with Gasteiger partial charge in [0.15, 0.2) is 17.1 Å². The molecule has 27 heavy (non-hydrogen) atoms. The third kappa shape index (κ3) is 2.39. The van der Waals surface area contributed by atoms with E-state index in [1.165, 1.54) is 0 Å². The Hall–Kier alpha value is -3.06. The summed E-state index contributed by atoms with van der Waals surface area (Å²) in [6, 6.07) is 12.0. The predicted molar refractivity (Wildman–Crippen MR) is 108 cm³/mol. The molecule has 0 amide bonds. The molecule has 0 saturated carbocycles. The Bertz CT molecular complexity index is 1300. The zero-order valence-corrected chi connectivity index (χ0v) is 16.3. The van der Waals surface area contributed by atoms with Gasteiger partial charge in [0.25, 0.3) is 0 Å². The van der Waals surface area contributed by atoms with Gasteiger partial charge < -0.3 is 0 Å². The molecule has 0 saturated heterocycles. The SMILES string of the molecule is Cc1c(C)n(-c2ccccc2Br)c2ncn3nc(-c4ccncc4)nc3c12. The summed E-state index contributed by atoms with van der Waals surface area (Å²) < 4.78 is 4.93. The second-order valence-electron chi connectivity index (χ2n) is 6.38. The van der Waals surface area contributed by atoms with Crippen LogP contribution in [0.1, 0.15) is 11.3 Å². The third-order valence-corrected chi connectivity index (χ3v) is 5.54. The molecule has 5 aromatic rings. The van der Waals surface area contributed by atoms with E-state index in [4.69, 9.17) is 9.97 Å². The summed E-state index contributed by atoms with van der Waals surface area (Å²) in [5.41, 5.74) is 5.94. The molecule has 0 aliphatic carbocycles. The monoisotopic (exact) mass is 418 g/mol. The van der Waals surface area contributed by atoms with Crippen LogP contribution in [-0.4, -0.2) is 29.1 Å². The molecule has 4 aromatic heterocycles. The standard InChI is InChI=1S/C20H15BrN6/c1-12-13(2)27(16-6-4-3-5-15(16)21)19-17(12)20-24-18(25-26(20)11-23-19)14-7-9-22-10-8-14/h3-11H,1-2H3. The van der Waals surface area contributed by atoms with Crippen molar-refractivity contribution in [3.63, 3.8) is 0 Å². The first kappa shape index (κ1) is 16.1. The Morgan fingerprint density at radius 3 is 2.52 bits per heavy atom. The van der Waals surface area contributed by atoms with Gasteiger partial charge in [0.2, 0.25) is 0 Å². The number of hydrogen-bond acceptors (Lipinski definition) is 4. The third-order valence-electron chi connectivity index (χ3n) is 4.86. The van der Waals surface area contributed by atoms with Crippen molar-refractivity contribution in [3.05, 3.63) is 70.8 Å². The molecule has 0 atom stereocenters. The van der Waals surface area contributed by atoms with E-state index >= 15 is 0 Å². The minimum atomic E-state index is 0.664. The Kier molecular flexibility index (Phi) is 3.58. The fourth-order valence-electron chi connectivity index (χ4n) is 3.41. The highest BCUT2D eigenvalue weighted by Gasteiger charge is 2.20. The number of pyridine rings is 1. The van der Waals surface area contributed by atoms with Crippen LogP contribution in [0.2, 0.25) is 0 Å². The number of aromatic nitrogens is 6. The zero-order valence-electron chi connectivity index (χ0n) is 14.8. The normalized spacial score (nSPS) is 11.5. The average molecular weight is 419 g/mol. The largest absolute Gasteiger partial charge is 0.297 e. The first-order valence-corrected chi connectivity index (χ1v) is 9.32. The lowest BCUT2D eigenvalue weighted by Gasteiger charge is -2.09. The summed E-state index contributed by atoms with van der Waals surface area (Å²) in [6.07, 6.45) is 5.21. The number of benzene rings is 1. The van der Waals surface area contributed by atoms with E-state index in [0.29, 0.717) is 5.82 Å². The number of rotatable bonds is 2. The maximum absolute atomic E-state index is 4.80. The van der Waals surface area contributed by atoms with Crippen LogP contribution < -0.4 is 0 Å². The molecule has 0 aliphatic heterocycles. The Morgan fingerprint density at radius 1 is 0.963 bits per heavy atom. The minimum absolute atomic E-state index is 0.664. The molecule has 132 valence electrons. The van der Waals surface area contributed by atoms with Crippen molar-refractivity contribution in [2.24, 2.45) is 0 Å². The summed E-state index contributed by atoms with van der Waals surface area (Å²) in [5, 5.41) is 5.61. The van der Waals surface area contributed by atoms with E-state index in [1.54, 1.807) is 23.2 Å². The van der Waals surface area contributed by atoms with Gasteiger partial charge in [-0.3, -0.25) is 9.55 Å². The topological polar surface area (TPSA) is 60.9 Å². The summed E-state index contributed by atoms with van der Waals surface area (Å²) in [5.74, 6) is 0.664. The maximum atomic E-state index is 4.80. The molecule has 4 heterocycles. The first-order valence-electron chi connectivity index (χ1n) is 8.53. The van der Waals surface area contributed by atoms with Gasteiger partial charge in [-0.25, -0.2) is 14.5 Å². The molecule has 0 spiro atoms. The van der Waals surface area contributed by atoms with Gasteiger partial charge in [-0.05, 0) is 59.6 Å². The lowest BCUT2D eigenvalue weighted by atomic mass is 10.2. The van der Waals surface area contributed by atoms with Gasteiger partial charge >= 0.3 is 0 Å². The molecule has 0 bridgehead atoms. The van der Waals surface area contributed by atoms with E-state index in [9.17, 15) is 0 Å². The van der Waals surface area contributed by atoms with Crippen LogP contribution in [0.4, 0.5) is 0 Å². The molecule has 5 rings (SSSR count). The van der Waals surface area contributed by atoms with Crippen LogP contribution in [0.5, 0.6) is 0 Å². The van der Waals surface area contributed by atoms with E-state index in [0.717, 1.165) is 43.7 Å². The Morgan fingerprint density at radius 2 is 1.74 bits per heavy atom. The number of nitrogens with zero attached hydrogens (tertiary/aromatic N) is 6. The van der Waals surface area contributed by atoms with Crippen molar-refractivity contribution < 1.29 is 0 Å². The highest BCUT2D eigenvalue weighted by molar-refractivity contribution is 9.10. The van der Waals surface area contributed by atoms with E-state index in [2.05, 4.69) is 50.5 Å². The fourth-order valence-corrected chi connectivity index (χ4v) is 3.87. The molecule has 0 fully saturated rings. The average Bonchev–Trinajstić information content (AvgIpc) is 3.23. The summed E-state index contributed by atoms with van der Waals surface area (Å²) in [7, 11) is 0. The van der Waals surface area contributed by atoms with Crippen molar-refractivity contribution in [3.8, 4) is 17.1 Å². The van der Waals surface area contributed by atoms with Crippen LogP contribution in [0, 0.1) is 13.8 Å². The van der Waals surface area contributed by atoms with Gasteiger partial charge in [0.05, 0.1) is 11.1 Å². The van der Waals surface area contributed by atoms with E-state index in [1.807, 2.05) is 30.3 Å². The molecule has 0 radical (unpaired) electrons. The maximum Gasteiger partial charge on any atom is 0.182 e. The van der Waals surface area contributed by atoms with Crippen molar-refractivity contribution in [2.75, 3.05) is 0 Å². The van der Waals surface area contributed by atoms with Gasteiger partial charge in [0, 0.05) is 28.1 Å². The summed E-state index contributed by atoms with van der Waals surface area (Å²) in [6.45, 7) is 4.21. The second-order valence-corrected chi connectivity index (χ2v) is 7.23. The molecular weight excluding hydrogens is 404 g/mol. The van der Waals surface area contributed by atoms with Crippen LogP contribution in [-0.2, 0) is 0 Å². The molecule has 7 heteroatoms. The van der Waals surface area contributed by atoms with Gasteiger partial charge in [-0.2, -0.15) is 0 Å². The molecule has 0 unspecified atom stereocenters. The number of halogens is 1. The minimum Gasteiger partial charge on any atom is -0.297 e. The Balaban J connectivity index is 1.84. The molecule has 1 aromatic carbocycles. The summed E-state index contributed by atoms with van der Waals surface area (Å²) >= 11 is 3.66. The van der Waals surface area contributed by atoms with E-state index < -0.39 is 0 Å². The lowest BCUT2D eigenvalue weighted by molar-refractivity contribution is 0.926. The van der Waals surface area contributed by atoms with Gasteiger partial charge in [0.1, 0.15) is 6.33 Å². The van der Waals surface area contributed by atoms with Gasteiger partial charge in [-0.15, -0.1) is 5.10 Å². The number of hydrogen-bond donors (Lipinski definition) is 0. The fraction of sp³-hybridized carbons (Fsp3) is 0.100. The van der Waals surface area contributed by atoms with Gasteiger partial charge in [-0.1, -0.05) is 12.1 Å². The molecule has 0 aliphatic rings. The molecule has 6 nitrogen and oxygen atoms in total. The number of fused-ring (bicyclic) bond motifs is 3. The predicted octanol–water partition coefficient (Wildman–Crippen LogP) is 4.51. The highest BCUT2D eigenvalue weighted by atomic mass is 79.9. The first-order chi connectivity index (χ1) is 13.1.